The maximum absolute atomic E-state index is 12.1. The topological polar surface area (TPSA) is 73.9 Å². The summed E-state index contributed by atoms with van der Waals surface area (Å²) in [4.78, 5) is 23.6. The Morgan fingerprint density at radius 2 is 1.81 bits per heavy atom. The zero-order valence-electron chi connectivity index (χ0n) is 13.9. The number of hydrogen-bond acceptors (Lipinski definition) is 5. The number of halogens is 2. The number of esters is 1. The average molecular weight is 365 g/mol. The average Bonchev–Trinajstić information content (AvgIpc) is 2.61. The van der Waals surface area contributed by atoms with E-state index in [0.717, 1.165) is 0 Å². The third-order valence-corrected chi connectivity index (χ3v) is 3.21. The van der Waals surface area contributed by atoms with Gasteiger partial charge in [-0.05, 0) is 42.0 Å². The van der Waals surface area contributed by atoms with Gasteiger partial charge in [-0.1, -0.05) is 12.1 Å². The molecule has 1 amide bonds. The van der Waals surface area contributed by atoms with Gasteiger partial charge in [0.25, 0.3) is 5.91 Å². The highest BCUT2D eigenvalue weighted by Crippen LogP contribution is 2.17. The monoisotopic (exact) mass is 365 g/mol. The van der Waals surface area contributed by atoms with Crippen LogP contribution < -0.4 is 14.8 Å². The number of alkyl halides is 2. The van der Waals surface area contributed by atoms with Gasteiger partial charge >= 0.3 is 12.6 Å². The van der Waals surface area contributed by atoms with Crippen LogP contribution in [0.5, 0.6) is 11.5 Å². The van der Waals surface area contributed by atoms with Crippen molar-refractivity contribution in [1.82, 2.24) is 0 Å². The lowest BCUT2D eigenvalue weighted by molar-refractivity contribution is -0.146. The van der Waals surface area contributed by atoms with Crippen LogP contribution in [-0.2, 0) is 20.7 Å². The molecule has 0 atom stereocenters. The van der Waals surface area contributed by atoms with Gasteiger partial charge in [0, 0.05) is 5.69 Å². The third kappa shape index (κ3) is 6.39. The lowest BCUT2D eigenvalue weighted by Gasteiger charge is -2.08. The van der Waals surface area contributed by atoms with Gasteiger partial charge < -0.3 is 19.5 Å². The Kier molecular flexibility index (Phi) is 6.90. The van der Waals surface area contributed by atoms with E-state index in [4.69, 9.17) is 9.47 Å². The van der Waals surface area contributed by atoms with Gasteiger partial charge in [0.1, 0.15) is 11.5 Å². The summed E-state index contributed by atoms with van der Waals surface area (Å²) in [6, 6.07) is 12.3. The quantitative estimate of drug-likeness (QED) is 0.728. The van der Waals surface area contributed by atoms with Gasteiger partial charge in [-0.25, -0.2) is 0 Å². The van der Waals surface area contributed by atoms with Crippen LogP contribution in [0.1, 0.15) is 5.56 Å². The molecule has 0 spiro atoms. The minimum absolute atomic E-state index is 0.00411. The molecule has 1 N–H and O–H groups in total. The second-order valence-corrected chi connectivity index (χ2v) is 5.14. The standard InChI is InChI=1S/C18H17F2NO5/c1-24-15-4-2-3-12(9-15)10-17(23)25-11-16(22)21-13-5-7-14(8-6-13)26-18(19)20/h2-9,18H,10-11H2,1H3,(H,21,22). The third-order valence-electron chi connectivity index (χ3n) is 3.21. The van der Waals surface area contributed by atoms with E-state index in [1.54, 1.807) is 24.3 Å². The van der Waals surface area contributed by atoms with E-state index in [1.807, 2.05) is 0 Å². The molecular weight excluding hydrogens is 348 g/mol. The molecule has 8 heteroatoms. The number of methoxy groups -OCH3 is 1. The fraction of sp³-hybridized carbons (Fsp3) is 0.222. The molecule has 138 valence electrons. The lowest BCUT2D eigenvalue weighted by Crippen LogP contribution is -2.21. The molecule has 2 rings (SSSR count). The highest BCUT2D eigenvalue weighted by atomic mass is 19.3. The first-order chi connectivity index (χ1) is 12.5. The molecule has 0 unspecified atom stereocenters. The van der Waals surface area contributed by atoms with Crippen molar-refractivity contribution >= 4 is 17.6 Å². The van der Waals surface area contributed by atoms with Gasteiger partial charge in [-0.2, -0.15) is 8.78 Å². The van der Waals surface area contributed by atoms with Crippen LogP contribution in [0.25, 0.3) is 0 Å². The Hall–Kier alpha value is -3.16. The van der Waals surface area contributed by atoms with Gasteiger partial charge in [-0.15, -0.1) is 0 Å². The Bertz CT molecular complexity index is 750. The minimum atomic E-state index is -2.92. The summed E-state index contributed by atoms with van der Waals surface area (Å²) < 4.78 is 38.3. The van der Waals surface area contributed by atoms with Crippen molar-refractivity contribution in [2.75, 3.05) is 19.0 Å². The molecule has 0 radical (unpaired) electrons. The summed E-state index contributed by atoms with van der Waals surface area (Å²) >= 11 is 0. The highest BCUT2D eigenvalue weighted by Gasteiger charge is 2.10. The Morgan fingerprint density at radius 3 is 2.46 bits per heavy atom. The number of carbonyl (C=O) groups is 2. The summed E-state index contributed by atoms with van der Waals surface area (Å²) in [5.74, 6) is -0.518. The van der Waals surface area contributed by atoms with Crippen LogP contribution in [0.3, 0.4) is 0 Å². The number of ether oxygens (including phenoxy) is 3. The van der Waals surface area contributed by atoms with Crippen molar-refractivity contribution in [2.45, 2.75) is 13.0 Å². The van der Waals surface area contributed by atoms with Crippen molar-refractivity contribution in [3.05, 3.63) is 54.1 Å². The van der Waals surface area contributed by atoms with E-state index in [1.165, 1.54) is 31.4 Å². The van der Waals surface area contributed by atoms with E-state index < -0.39 is 25.1 Å². The SMILES string of the molecule is COc1cccc(CC(=O)OCC(=O)Nc2ccc(OC(F)F)cc2)c1. The van der Waals surface area contributed by atoms with Crippen LogP contribution >= 0.6 is 0 Å². The number of anilines is 1. The summed E-state index contributed by atoms with van der Waals surface area (Å²) in [6.07, 6.45) is 0.00411. The van der Waals surface area contributed by atoms with E-state index in [0.29, 0.717) is 17.0 Å². The van der Waals surface area contributed by atoms with Crippen molar-refractivity contribution in [2.24, 2.45) is 0 Å². The normalized spacial score (nSPS) is 10.3. The Morgan fingerprint density at radius 1 is 1.08 bits per heavy atom. The van der Waals surface area contributed by atoms with Crippen molar-refractivity contribution in [3.8, 4) is 11.5 Å². The van der Waals surface area contributed by atoms with Crippen molar-refractivity contribution in [1.29, 1.82) is 0 Å². The molecule has 0 bridgehead atoms. The second-order valence-electron chi connectivity index (χ2n) is 5.14. The second kappa shape index (κ2) is 9.36. The smallest absolute Gasteiger partial charge is 0.387 e. The largest absolute Gasteiger partial charge is 0.497 e. The fourth-order valence-corrected chi connectivity index (χ4v) is 2.06. The van der Waals surface area contributed by atoms with Crippen LogP contribution in [0, 0.1) is 0 Å². The molecular formula is C18H17F2NO5. The molecule has 0 fully saturated rings. The summed E-state index contributed by atoms with van der Waals surface area (Å²) in [5.41, 5.74) is 1.06. The first kappa shape index (κ1) is 19.2. The molecule has 0 aliphatic heterocycles. The number of benzene rings is 2. The summed E-state index contributed by atoms with van der Waals surface area (Å²) in [7, 11) is 1.52. The lowest BCUT2D eigenvalue weighted by atomic mass is 10.1. The first-order valence-electron chi connectivity index (χ1n) is 7.59. The molecule has 0 heterocycles. The zero-order chi connectivity index (χ0) is 18.9. The Labute approximate surface area is 148 Å². The molecule has 0 aliphatic carbocycles. The van der Waals surface area contributed by atoms with Crippen LogP contribution in [0.2, 0.25) is 0 Å². The molecule has 0 saturated carbocycles. The number of amides is 1. The fourth-order valence-electron chi connectivity index (χ4n) is 2.06. The number of nitrogens with one attached hydrogen (secondary N) is 1. The molecule has 26 heavy (non-hydrogen) atoms. The van der Waals surface area contributed by atoms with Crippen molar-refractivity contribution < 1.29 is 32.6 Å². The molecule has 0 aliphatic rings. The number of rotatable bonds is 8. The first-order valence-corrected chi connectivity index (χ1v) is 7.59. The van der Waals surface area contributed by atoms with Gasteiger partial charge in [0.05, 0.1) is 13.5 Å². The Balaban J connectivity index is 1.77. The molecule has 2 aromatic rings. The molecule has 0 saturated heterocycles. The number of hydrogen-bond donors (Lipinski definition) is 1. The van der Waals surface area contributed by atoms with E-state index in [2.05, 4.69) is 10.1 Å². The summed E-state index contributed by atoms with van der Waals surface area (Å²) in [6.45, 7) is -3.38. The molecule has 0 aromatic heterocycles. The van der Waals surface area contributed by atoms with Crippen molar-refractivity contribution in [3.63, 3.8) is 0 Å². The van der Waals surface area contributed by atoms with E-state index >= 15 is 0 Å². The maximum Gasteiger partial charge on any atom is 0.387 e. The summed E-state index contributed by atoms with van der Waals surface area (Å²) in [5, 5.41) is 2.48. The van der Waals surface area contributed by atoms with Crippen LogP contribution in [0.4, 0.5) is 14.5 Å². The highest BCUT2D eigenvalue weighted by molar-refractivity contribution is 5.92. The van der Waals surface area contributed by atoms with E-state index in [-0.39, 0.29) is 12.2 Å². The van der Waals surface area contributed by atoms with Crippen LogP contribution in [0.15, 0.2) is 48.5 Å². The predicted molar refractivity (Wildman–Crippen MR) is 89.4 cm³/mol. The number of carbonyl (C=O) groups excluding carboxylic acids is 2. The molecule has 6 nitrogen and oxygen atoms in total. The predicted octanol–water partition coefficient (Wildman–Crippen LogP) is 3.02. The van der Waals surface area contributed by atoms with Gasteiger partial charge in [0.2, 0.25) is 0 Å². The zero-order valence-corrected chi connectivity index (χ0v) is 13.9. The molecule has 2 aromatic carbocycles. The maximum atomic E-state index is 12.1. The minimum Gasteiger partial charge on any atom is -0.497 e. The van der Waals surface area contributed by atoms with E-state index in [9.17, 15) is 18.4 Å². The van der Waals surface area contributed by atoms with Crippen LogP contribution in [-0.4, -0.2) is 32.2 Å². The van der Waals surface area contributed by atoms with Gasteiger partial charge in [-0.3, -0.25) is 9.59 Å². The van der Waals surface area contributed by atoms with Gasteiger partial charge in [0.15, 0.2) is 6.61 Å².